The van der Waals surface area contributed by atoms with Crippen LogP contribution in [0.5, 0.6) is 0 Å². The first-order valence-electron chi connectivity index (χ1n) is 6.32. The third-order valence-electron chi connectivity index (χ3n) is 3.51. The second kappa shape index (κ2) is 5.57. The first-order valence-corrected chi connectivity index (χ1v) is 7.11. The Morgan fingerprint density at radius 2 is 2.00 bits per heavy atom. The summed E-state index contributed by atoms with van der Waals surface area (Å²) in [7, 11) is 0. The van der Waals surface area contributed by atoms with Gasteiger partial charge < -0.3 is 5.32 Å². The van der Waals surface area contributed by atoms with Crippen LogP contribution in [0.2, 0.25) is 0 Å². The van der Waals surface area contributed by atoms with E-state index in [2.05, 4.69) is 21.2 Å². The van der Waals surface area contributed by atoms with Gasteiger partial charge in [0.05, 0.1) is 0 Å². The predicted octanol–water partition coefficient (Wildman–Crippen LogP) is 4.52. The Kier molecular flexibility index (Phi) is 4.23. The molecule has 1 aromatic rings. The van der Waals surface area contributed by atoms with E-state index in [9.17, 15) is 13.6 Å². The second-order valence-electron chi connectivity index (χ2n) is 5.08. The number of aryl methyl sites for hydroxylation is 1. The largest absolute Gasteiger partial charge is 0.326 e. The molecular formula is C14H16BrF2NO. The average molecular weight is 332 g/mol. The monoisotopic (exact) mass is 331 g/mol. The van der Waals surface area contributed by atoms with E-state index < -0.39 is 5.92 Å². The zero-order chi connectivity index (χ0) is 14.0. The van der Waals surface area contributed by atoms with Gasteiger partial charge in [-0.2, -0.15) is 0 Å². The van der Waals surface area contributed by atoms with E-state index in [4.69, 9.17) is 0 Å². The van der Waals surface area contributed by atoms with E-state index >= 15 is 0 Å². The molecule has 2 nitrogen and oxygen atoms in total. The molecule has 1 N–H and O–H groups in total. The normalized spacial score (nSPS) is 19.2. The molecule has 19 heavy (non-hydrogen) atoms. The summed E-state index contributed by atoms with van der Waals surface area (Å²) in [6, 6.07) is 5.52. The molecule has 0 bridgehead atoms. The van der Waals surface area contributed by atoms with Crippen molar-refractivity contribution in [2.75, 3.05) is 5.32 Å². The molecule has 1 saturated carbocycles. The lowest BCUT2D eigenvalue weighted by Crippen LogP contribution is -2.31. The number of halogens is 3. The Labute approximate surface area is 119 Å². The maximum atomic E-state index is 13.0. The quantitative estimate of drug-likeness (QED) is 0.848. The van der Waals surface area contributed by atoms with Crippen molar-refractivity contribution in [2.24, 2.45) is 5.92 Å². The third kappa shape index (κ3) is 3.75. The first-order chi connectivity index (χ1) is 8.87. The molecule has 0 saturated heterocycles. The fraction of sp³-hybridized carbons (Fsp3) is 0.500. The SMILES string of the molecule is Cc1cc(NC(=O)C2CCC(F)(F)CC2)ccc1Br. The number of hydrogen-bond donors (Lipinski definition) is 1. The number of alkyl halides is 2. The summed E-state index contributed by atoms with van der Waals surface area (Å²) in [5.41, 5.74) is 1.73. The van der Waals surface area contributed by atoms with Crippen LogP contribution in [0, 0.1) is 12.8 Å². The van der Waals surface area contributed by atoms with Gasteiger partial charge in [-0.25, -0.2) is 8.78 Å². The Balaban J connectivity index is 1.96. The van der Waals surface area contributed by atoms with Gasteiger partial charge in [0, 0.05) is 28.9 Å². The van der Waals surface area contributed by atoms with Gasteiger partial charge in [-0.3, -0.25) is 4.79 Å². The highest BCUT2D eigenvalue weighted by atomic mass is 79.9. The van der Waals surface area contributed by atoms with Crippen molar-refractivity contribution in [3.05, 3.63) is 28.2 Å². The molecule has 1 aliphatic carbocycles. The van der Waals surface area contributed by atoms with Crippen molar-refractivity contribution in [1.82, 2.24) is 0 Å². The van der Waals surface area contributed by atoms with Crippen molar-refractivity contribution in [1.29, 1.82) is 0 Å². The van der Waals surface area contributed by atoms with Gasteiger partial charge in [-0.05, 0) is 43.5 Å². The molecule has 0 radical (unpaired) electrons. The number of carbonyl (C=O) groups is 1. The van der Waals surface area contributed by atoms with Crippen LogP contribution in [0.25, 0.3) is 0 Å². The maximum absolute atomic E-state index is 13.0. The molecule has 0 aliphatic heterocycles. The van der Waals surface area contributed by atoms with Gasteiger partial charge in [0.15, 0.2) is 0 Å². The van der Waals surface area contributed by atoms with Crippen molar-refractivity contribution in [2.45, 2.75) is 38.5 Å². The fourth-order valence-electron chi connectivity index (χ4n) is 2.27. The molecule has 1 amide bonds. The molecule has 0 aromatic heterocycles. The fourth-order valence-corrected chi connectivity index (χ4v) is 2.52. The molecular weight excluding hydrogens is 316 g/mol. The van der Waals surface area contributed by atoms with Gasteiger partial charge in [-0.15, -0.1) is 0 Å². The molecule has 1 aromatic carbocycles. The molecule has 0 atom stereocenters. The van der Waals surface area contributed by atoms with Crippen molar-refractivity contribution >= 4 is 27.5 Å². The Bertz CT molecular complexity index is 480. The number of rotatable bonds is 2. The minimum atomic E-state index is -2.59. The summed E-state index contributed by atoms with van der Waals surface area (Å²) in [6.07, 6.45) is 0.136. The second-order valence-corrected chi connectivity index (χ2v) is 5.94. The smallest absolute Gasteiger partial charge is 0.248 e. The summed E-state index contributed by atoms with van der Waals surface area (Å²) in [5, 5.41) is 2.80. The first kappa shape index (κ1) is 14.4. The lowest BCUT2D eigenvalue weighted by Gasteiger charge is -2.27. The Hall–Kier alpha value is -0.970. The lowest BCUT2D eigenvalue weighted by molar-refractivity contribution is -0.124. The Morgan fingerprint density at radius 3 is 2.58 bits per heavy atom. The molecule has 1 aliphatic rings. The molecule has 0 spiro atoms. The van der Waals surface area contributed by atoms with Crippen LogP contribution in [-0.2, 0) is 4.79 Å². The number of anilines is 1. The summed E-state index contributed by atoms with van der Waals surface area (Å²) >= 11 is 3.39. The topological polar surface area (TPSA) is 29.1 Å². The zero-order valence-electron chi connectivity index (χ0n) is 10.7. The van der Waals surface area contributed by atoms with E-state index in [-0.39, 0.29) is 37.5 Å². The van der Waals surface area contributed by atoms with Crippen LogP contribution in [0.1, 0.15) is 31.2 Å². The predicted molar refractivity (Wildman–Crippen MR) is 74.4 cm³/mol. The zero-order valence-corrected chi connectivity index (χ0v) is 12.3. The van der Waals surface area contributed by atoms with Crippen LogP contribution in [0.3, 0.4) is 0 Å². The van der Waals surface area contributed by atoms with E-state index in [1.54, 1.807) is 6.07 Å². The van der Waals surface area contributed by atoms with E-state index in [1.165, 1.54) is 0 Å². The number of amides is 1. The average Bonchev–Trinajstić information content (AvgIpc) is 2.33. The standard InChI is InChI=1S/C14H16BrF2NO/c1-9-8-11(2-3-12(9)15)18-13(19)10-4-6-14(16,17)7-5-10/h2-3,8,10H,4-7H2,1H3,(H,18,19). The van der Waals surface area contributed by atoms with Crippen LogP contribution < -0.4 is 5.32 Å². The van der Waals surface area contributed by atoms with Crippen molar-refractivity contribution < 1.29 is 13.6 Å². The number of benzene rings is 1. The molecule has 5 heteroatoms. The van der Waals surface area contributed by atoms with Crippen LogP contribution in [-0.4, -0.2) is 11.8 Å². The highest BCUT2D eigenvalue weighted by Gasteiger charge is 2.37. The van der Waals surface area contributed by atoms with Gasteiger partial charge in [0.1, 0.15) is 0 Å². The van der Waals surface area contributed by atoms with Crippen LogP contribution >= 0.6 is 15.9 Å². The Morgan fingerprint density at radius 1 is 1.37 bits per heavy atom. The number of hydrogen-bond acceptors (Lipinski definition) is 1. The highest BCUT2D eigenvalue weighted by Crippen LogP contribution is 2.36. The summed E-state index contributed by atoms with van der Waals surface area (Å²) in [6.45, 7) is 1.93. The molecule has 1 fully saturated rings. The van der Waals surface area contributed by atoms with Crippen LogP contribution in [0.15, 0.2) is 22.7 Å². The summed E-state index contributed by atoms with van der Waals surface area (Å²) in [4.78, 5) is 12.0. The lowest BCUT2D eigenvalue weighted by atomic mass is 9.86. The summed E-state index contributed by atoms with van der Waals surface area (Å²) in [5.74, 6) is -3.05. The number of carbonyl (C=O) groups excluding carboxylic acids is 1. The number of nitrogens with one attached hydrogen (secondary N) is 1. The molecule has 0 unspecified atom stereocenters. The van der Waals surface area contributed by atoms with Crippen LogP contribution in [0.4, 0.5) is 14.5 Å². The third-order valence-corrected chi connectivity index (χ3v) is 4.40. The van der Waals surface area contributed by atoms with Gasteiger partial charge in [0.2, 0.25) is 11.8 Å². The van der Waals surface area contributed by atoms with E-state index in [0.717, 1.165) is 10.0 Å². The minimum absolute atomic E-state index is 0.155. The maximum Gasteiger partial charge on any atom is 0.248 e. The molecule has 2 rings (SSSR count). The minimum Gasteiger partial charge on any atom is -0.326 e. The molecule has 104 valence electrons. The highest BCUT2D eigenvalue weighted by molar-refractivity contribution is 9.10. The van der Waals surface area contributed by atoms with E-state index in [0.29, 0.717) is 5.69 Å². The van der Waals surface area contributed by atoms with Crippen molar-refractivity contribution in [3.8, 4) is 0 Å². The summed E-state index contributed by atoms with van der Waals surface area (Å²) < 4.78 is 27.0. The van der Waals surface area contributed by atoms with Gasteiger partial charge in [-0.1, -0.05) is 15.9 Å². The molecule has 0 heterocycles. The van der Waals surface area contributed by atoms with Gasteiger partial charge in [0.25, 0.3) is 0 Å². The van der Waals surface area contributed by atoms with Gasteiger partial charge >= 0.3 is 0 Å². The van der Waals surface area contributed by atoms with E-state index in [1.807, 2.05) is 19.1 Å². The van der Waals surface area contributed by atoms with Crippen molar-refractivity contribution in [3.63, 3.8) is 0 Å².